The lowest BCUT2D eigenvalue weighted by atomic mass is 10.4. The van der Waals surface area contributed by atoms with Crippen molar-refractivity contribution in [2.45, 2.75) is 31.5 Å². The number of thiazole rings is 1. The van der Waals surface area contributed by atoms with Crippen molar-refractivity contribution in [2.75, 3.05) is 5.75 Å². The van der Waals surface area contributed by atoms with Gasteiger partial charge in [-0.3, -0.25) is 4.79 Å². The average Bonchev–Trinajstić information content (AvgIpc) is 3.02. The lowest BCUT2D eigenvalue weighted by Gasteiger charge is -2.07. The fourth-order valence-electron chi connectivity index (χ4n) is 1.62. The SMILES string of the molecule is CCc1nnc(SCC(=O)O)n1CCc1nccs1. The number of hydrogen-bond donors (Lipinski definition) is 1. The van der Waals surface area contributed by atoms with Crippen LogP contribution in [0.3, 0.4) is 0 Å². The van der Waals surface area contributed by atoms with E-state index in [0.717, 1.165) is 30.2 Å². The molecule has 0 aromatic carbocycles. The first-order chi connectivity index (χ1) is 9.20. The molecule has 0 amide bonds. The summed E-state index contributed by atoms with van der Waals surface area (Å²) >= 11 is 2.82. The Morgan fingerprint density at radius 2 is 2.37 bits per heavy atom. The molecule has 2 aromatic rings. The van der Waals surface area contributed by atoms with E-state index in [1.54, 1.807) is 17.5 Å². The number of carbonyl (C=O) groups is 1. The second-order valence-corrected chi connectivity index (χ2v) is 5.68. The van der Waals surface area contributed by atoms with Crippen LogP contribution in [0.4, 0.5) is 0 Å². The number of carboxylic acids is 1. The molecule has 0 aliphatic carbocycles. The Hall–Kier alpha value is -1.41. The largest absolute Gasteiger partial charge is 0.481 e. The van der Waals surface area contributed by atoms with Crippen LogP contribution >= 0.6 is 23.1 Å². The number of aliphatic carboxylic acids is 1. The van der Waals surface area contributed by atoms with E-state index >= 15 is 0 Å². The van der Waals surface area contributed by atoms with Gasteiger partial charge in [0.2, 0.25) is 0 Å². The van der Waals surface area contributed by atoms with Crippen molar-refractivity contribution in [3.8, 4) is 0 Å². The summed E-state index contributed by atoms with van der Waals surface area (Å²) in [6.45, 7) is 2.74. The van der Waals surface area contributed by atoms with Crippen LogP contribution < -0.4 is 0 Å². The molecule has 0 spiro atoms. The van der Waals surface area contributed by atoms with Crippen LogP contribution in [0.25, 0.3) is 0 Å². The Balaban J connectivity index is 2.07. The fraction of sp³-hybridized carbons (Fsp3) is 0.455. The molecule has 0 fully saturated rings. The highest BCUT2D eigenvalue weighted by Crippen LogP contribution is 2.18. The maximum absolute atomic E-state index is 10.6. The predicted octanol–water partition coefficient (Wildman–Crippen LogP) is 1.72. The molecule has 0 radical (unpaired) electrons. The molecule has 2 rings (SSSR count). The third-order valence-electron chi connectivity index (χ3n) is 2.47. The zero-order valence-corrected chi connectivity index (χ0v) is 12.1. The topological polar surface area (TPSA) is 80.9 Å². The molecule has 0 aliphatic rings. The van der Waals surface area contributed by atoms with E-state index in [1.807, 2.05) is 16.9 Å². The second-order valence-electron chi connectivity index (χ2n) is 3.76. The van der Waals surface area contributed by atoms with Crippen molar-refractivity contribution in [1.29, 1.82) is 0 Å². The number of rotatable bonds is 7. The molecule has 2 heterocycles. The summed E-state index contributed by atoms with van der Waals surface area (Å²) in [5, 5.41) is 20.5. The summed E-state index contributed by atoms with van der Waals surface area (Å²) in [6, 6.07) is 0. The van der Waals surface area contributed by atoms with E-state index in [2.05, 4.69) is 15.2 Å². The average molecular weight is 298 g/mol. The van der Waals surface area contributed by atoms with Crippen molar-refractivity contribution < 1.29 is 9.90 Å². The first kappa shape index (κ1) is 14.0. The van der Waals surface area contributed by atoms with Crippen LogP contribution in [0.2, 0.25) is 0 Å². The second kappa shape index (κ2) is 6.67. The Bertz CT molecular complexity index is 539. The van der Waals surface area contributed by atoms with Crippen LogP contribution in [0.5, 0.6) is 0 Å². The highest BCUT2D eigenvalue weighted by atomic mass is 32.2. The number of nitrogens with zero attached hydrogens (tertiary/aromatic N) is 4. The summed E-state index contributed by atoms with van der Waals surface area (Å²) in [5.41, 5.74) is 0. The molecule has 0 saturated carbocycles. The van der Waals surface area contributed by atoms with Gasteiger partial charge >= 0.3 is 5.97 Å². The molecule has 19 heavy (non-hydrogen) atoms. The predicted molar refractivity (Wildman–Crippen MR) is 73.6 cm³/mol. The number of aromatic nitrogens is 4. The highest BCUT2D eigenvalue weighted by molar-refractivity contribution is 7.99. The molecule has 0 aliphatic heterocycles. The molecular weight excluding hydrogens is 284 g/mol. The van der Waals surface area contributed by atoms with Crippen molar-refractivity contribution in [2.24, 2.45) is 0 Å². The summed E-state index contributed by atoms with van der Waals surface area (Å²) in [4.78, 5) is 14.9. The first-order valence-corrected chi connectivity index (χ1v) is 7.72. The summed E-state index contributed by atoms with van der Waals surface area (Å²) < 4.78 is 1.98. The van der Waals surface area contributed by atoms with E-state index in [1.165, 1.54) is 11.8 Å². The third kappa shape index (κ3) is 3.77. The van der Waals surface area contributed by atoms with Gasteiger partial charge in [-0.1, -0.05) is 18.7 Å². The molecule has 1 N–H and O–H groups in total. The first-order valence-electron chi connectivity index (χ1n) is 5.85. The summed E-state index contributed by atoms with van der Waals surface area (Å²) in [7, 11) is 0. The Kier molecular flexibility index (Phi) is 4.92. The van der Waals surface area contributed by atoms with Crippen LogP contribution in [0.15, 0.2) is 16.7 Å². The monoisotopic (exact) mass is 298 g/mol. The van der Waals surface area contributed by atoms with Crippen LogP contribution in [0, 0.1) is 0 Å². The Morgan fingerprint density at radius 1 is 1.53 bits per heavy atom. The van der Waals surface area contributed by atoms with Crippen molar-refractivity contribution >= 4 is 29.1 Å². The maximum Gasteiger partial charge on any atom is 0.313 e. The van der Waals surface area contributed by atoms with Gasteiger partial charge in [0.1, 0.15) is 5.82 Å². The molecule has 8 heteroatoms. The van der Waals surface area contributed by atoms with Crippen molar-refractivity contribution in [3.05, 3.63) is 22.4 Å². The standard InChI is InChI=1S/C11H14N4O2S2/c1-2-8-13-14-11(19-7-10(16)17)15(8)5-3-9-12-4-6-18-9/h4,6H,2-3,5,7H2,1H3,(H,16,17). The van der Waals surface area contributed by atoms with Crippen LogP contribution in [-0.2, 0) is 24.2 Å². The molecule has 102 valence electrons. The highest BCUT2D eigenvalue weighted by Gasteiger charge is 2.13. The van der Waals surface area contributed by atoms with Gasteiger partial charge in [-0.05, 0) is 0 Å². The fourth-order valence-corrected chi connectivity index (χ4v) is 2.94. The van der Waals surface area contributed by atoms with Gasteiger partial charge in [0, 0.05) is 31.0 Å². The number of hydrogen-bond acceptors (Lipinski definition) is 6. The molecule has 0 unspecified atom stereocenters. The van der Waals surface area contributed by atoms with Crippen molar-refractivity contribution in [1.82, 2.24) is 19.7 Å². The Labute approximate surface area is 118 Å². The summed E-state index contributed by atoms with van der Waals surface area (Å²) in [6.07, 6.45) is 3.37. The molecule has 6 nitrogen and oxygen atoms in total. The minimum absolute atomic E-state index is 0.000893. The van der Waals surface area contributed by atoms with Gasteiger partial charge < -0.3 is 9.67 Å². The minimum atomic E-state index is -0.850. The van der Waals surface area contributed by atoms with Crippen molar-refractivity contribution in [3.63, 3.8) is 0 Å². The van der Waals surface area contributed by atoms with E-state index in [9.17, 15) is 4.79 Å². The smallest absolute Gasteiger partial charge is 0.313 e. The molecular formula is C11H14N4O2S2. The number of thioether (sulfide) groups is 1. The van der Waals surface area contributed by atoms with Gasteiger partial charge in [-0.15, -0.1) is 21.5 Å². The van der Waals surface area contributed by atoms with Gasteiger partial charge in [-0.25, -0.2) is 4.98 Å². The van der Waals surface area contributed by atoms with E-state index < -0.39 is 5.97 Å². The molecule has 0 saturated heterocycles. The van der Waals surface area contributed by atoms with Gasteiger partial charge in [-0.2, -0.15) is 0 Å². The third-order valence-corrected chi connectivity index (χ3v) is 4.26. The Morgan fingerprint density at radius 3 is 3.00 bits per heavy atom. The lowest BCUT2D eigenvalue weighted by Crippen LogP contribution is -2.08. The minimum Gasteiger partial charge on any atom is -0.481 e. The molecule has 0 bridgehead atoms. The molecule has 2 aromatic heterocycles. The van der Waals surface area contributed by atoms with Gasteiger partial charge in [0.25, 0.3) is 0 Å². The maximum atomic E-state index is 10.6. The van der Waals surface area contributed by atoms with Crippen LogP contribution in [-0.4, -0.2) is 36.6 Å². The number of carboxylic acid groups (broad SMARTS) is 1. The van der Waals surface area contributed by atoms with E-state index in [0.29, 0.717) is 5.16 Å². The zero-order chi connectivity index (χ0) is 13.7. The van der Waals surface area contributed by atoms with E-state index in [-0.39, 0.29) is 5.75 Å². The quantitative estimate of drug-likeness (QED) is 0.784. The lowest BCUT2D eigenvalue weighted by molar-refractivity contribution is -0.133. The van der Waals surface area contributed by atoms with E-state index in [4.69, 9.17) is 5.11 Å². The van der Waals surface area contributed by atoms with Gasteiger partial charge in [0.15, 0.2) is 5.16 Å². The normalized spacial score (nSPS) is 10.8. The number of aryl methyl sites for hydroxylation is 2. The zero-order valence-electron chi connectivity index (χ0n) is 10.4. The van der Waals surface area contributed by atoms with Crippen LogP contribution in [0.1, 0.15) is 17.8 Å². The van der Waals surface area contributed by atoms with Gasteiger partial charge in [0.05, 0.1) is 10.8 Å². The summed E-state index contributed by atoms with van der Waals surface area (Å²) in [5.74, 6) is 0.0287. The molecule has 0 atom stereocenters.